The van der Waals surface area contributed by atoms with Gasteiger partial charge in [0.2, 0.25) is 5.72 Å². The molecule has 3 heterocycles. The molecule has 0 fully saturated rings. The maximum atomic E-state index is 13.2. The number of hydrogen-bond donors (Lipinski definition) is 4. The van der Waals surface area contributed by atoms with Crippen LogP contribution in [0.1, 0.15) is 38.7 Å². The van der Waals surface area contributed by atoms with Crippen molar-refractivity contribution in [1.82, 2.24) is 9.88 Å². The second-order valence-corrected chi connectivity index (χ2v) is 7.88. The minimum atomic E-state index is -1.79. The van der Waals surface area contributed by atoms with Gasteiger partial charge in [0, 0.05) is 41.3 Å². The number of benzene rings is 1. The summed E-state index contributed by atoms with van der Waals surface area (Å²) in [5.41, 5.74) is 12.1. The van der Waals surface area contributed by atoms with Crippen LogP contribution in [-0.2, 0) is 4.79 Å². The van der Waals surface area contributed by atoms with Gasteiger partial charge in [0.1, 0.15) is 0 Å². The Morgan fingerprint density at radius 2 is 2.13 bits per heavy atom. The molecular weight excluding hydrogens is 394 g/mol. The molecule has 162 valence electrons. The molecule has 0 radical (unpaired) electrons. The molecule has 6 N–H and O–H groups in total. The standard InChI is InChI=1S/C22H27N7O2/c1-3-13(2)22(31)20(30)29-12-18(15-11-26-16-8-5-4-7-14(15)16)27-17(19(29)28-22)9-6-10-25-21(23)24/h4-5,7-8,11-13,26,31H,3,6,9-10H2,1-2H3,(H4,23,24,25). The van der Waals surface area contributed by atoms with Gasteiger partial charge in [-0.05, 0) is 25.3 Å². The summed E-state index contributed by atoms with van der Waals surface area (Å²) in [7, 11) is 0. The van der Waals surface area contributed by atoms with Crippen molar-refractivity contribution in [2.45, 2.75) is 38.8 Å². The minimum absolute atomic E-state index is 0.0334. The lowest BCUT2D eigenvalue weighted by atomic mass is 9.95. The number of nitrogens with one attached hydrogen (secondary N) is 1. The normalized spacial score (nSPS) is 21.5. The maximum Gasteiger partial charge on any atom is 0.287 e. The Labute approximate surface area is 180 Å². The van der Waals surface area contributed by atoms with Crippen LogP contribution >= 0.6 is 0 Å². The molecule has 2 aromatic rings. The topological polar surface area (TPSA) is 145 Å². The first-order chi connectivity index (χ1) is 14.8. The van der Waals surface area contributed by atoms with Crippen LogP contribution in [0, 0.1) is 5.92 Å². The van der Waals surface area contributed by atoms with E-state index in [2.05, 4.69) is 15.0 Å². The molecule has 2 atom stereocenters. The third-order valence-electron chi connectivity index (χ3n) is 5.83. The summed E-state index contributed by atoms with van der Waals surface area (Å²) < 4.78 is 0. The summed E-state index contributed by atoms with van der Waals surface area (Å²) in [6.45, 7) is 4.18. The molecule has 1 amide bonds. The molecule has 2 aliphatic heterocycles. The van der Waals surface area contributed by atoms with Crippen LogP contribution in [0.25, 0.3) is 16.6 Å². The number of hydrogen-bond acceptors (Lipinski definition) is 5. The zero-order valence-electron chi connectivity index (χ0n) is 17.7. The average Bonchev–Trinajstić information content (AvgIpc) is 3.30. The summed E-state index contributed by atoms with van der Waals surface area (Å²) in [5, 5.41) is 12.1. The van der Waals surface area contributed by atoms with Crippen molar-refractivity contribution < 1.29 is 9.90 Å². The first kappa shape index (κ1) is 20.8. The minimum Gasteiger partial charge on any atom is -0.370 e. The molecule has 1 aromatic carbocycles. The fraction of sp³-hybridized carbons (Fsp3) is 0.364. The molecule has 0 saturated carbocycles. The number of carbonyl (C=O) groups excluding carboxylic acids is 1. The highest BCUT2D eigenvalue weighted by atomic mass is 16.3. The van der Waals surface area contributed by atoms with Crippen molar-refractivity contribution in [3.05, 3.63) is 42.2 Å². The third kappa shape index (κ3) is 3.61. The number of fused-ring (bicyclic) bond motifs is 2. The Morgan fingerprint density at radius 3 is 2.87 bits per heavy atom. The van der Waals surface area contributed by atoms with E-state index >= 15 is 0 Å². The van der Waals surface area contributed by atoms with Crippen molar-refractivity contribution >= 4 is 40.0 Å². The largest absolute Gasteiger partial charge is 0.370 e. The zero-order chi connectivity index (χ0) is 22.2. The number of guanidine groups is 1. The van der Waals surface area contributed by atoms with Crippen LogP contribution in [0.15, 0.2) is 51.6 Å². The van der Waals surface area contributed by atoms with Gasteiger partial charge in [-0.25, -0.2) is 9.98 Å². The van der Waals surface area contributed by atoms with E-state index in [1.807, 2.05) is 44.3 Å². The molecule has 9 nitrogen and oxygen atoms in total. The van der Waals surface area contributed by atoms with Crippen molar-refractivity contribution in [3.63, 3.8) is 0 Å². The summed E-state index contributed by atoms with van der Waals surface area (Å²) in [4.78, 5) is 31.2. The highest BCUT2D eigenvalue weighted by Crippen LogP contribution is 2.36. The van der Waals surface area contributed by atoms with Gasteiger partial charge in [0.25, 0.3) is 5.91 Å². The molecule has 4 rings (SSSR count). The van der Waals surface area contributed by atoms with E-state index in [1.54, 1.807) is 6.20 Å². The molecule has 2 aliphatic rings. The molecule has 0 aliphatic carbocycles. The molecule has 9 heteroatoms. The Balaban J connectivity index is 1.75. The van der Waals surface area contributed by atoms with Gasteiger partial charge in [-0.1, -0.05) is 32.0 Å². The highest BCUT2D eigenvalue weighted by molar-refractivity contribution is 6.47. The van der Waals surface area contributed by atoms with E-state index in [-0.39, 0.29) is 11.9 Å². The summed E-state index contributed by atoms with van der Waals surface area (Å²) in [6, 6.07) is 7.90. The number of rotatable bonds is 7. The highest BCUT2D eigenvalue weighted by Gasteiger charge is 2.51. The van der Waals surface area contributed by atoms with Crippen LogP contribution in [0.4, 0.5) is 0 Å². The van der Waals surface area contributed by atoms with Crippen molar-refractivity contribution in [2.75, 3.05) is 6.54 Å². The molecule has 0 spiro atoms. The van der Waals surface area contributed by atoms with Crippen molar-refractivity contribution in [1.29, 1.82) is 0 Å². The fourth-order valence-electron chi connectivity index (χ4n) is 3.85. The van der Waals surface area contributed by atoms with E-state index in [4.69, 9.17) is 16.5 Å². The summed E-state index contributed by atoms with van der Waals surface area (Å²) in [5.74, 6) is -0.357. The smallest absolute Gasteiger partial charge is 0.287 e. The molecule has 0 bridgehead atoms. The lowest BCUT2D eigenvalue weighted by Crippen LogP contribution is -2.46. The Bertz CT molecular complexity index is 1140. The van der Waals surface area contributed by atoms with E-state index in [9.17, 15) is 9.90 Å². The molecule has 0 saturated heterocycles. The van der Waals surface area contributed by atoms with E-state index < -0.39 is 11.6 Å². The molecule has 31 heavy (non-hydrogen) atoms. The van der Waals surface area contributed by atoms with Gasteiger partial charge in [0.15, 0.2) is 11.8 Å². The quantitative estimate of drug-likeness (QED) is 0.307. The Morgan fingerprint density at radius 1 is 1.35 bits per heavy atom. The number of para-hydroxylation sites is 1. The third-order valence-corrected chi connectivity index (χ3v) is 5.83. The van der Waals surface area contributed by atoms with Crippen LogP contribution in [0.2, 0.25) is 0 Å². The lowest BCUT2D eigenvalue weighted by molar-refractivity contribution is -0.146. The van der Waals surface area contributed by atoms with E-state index in [0.717, 1.165) is 16.5 Å². The second kappa shape index (κ2) is 7.99. The summed E-state index contributed by atoms with van der Waals surface area (Å²) in [6.07, 6.45) is 5.29. The number of aromatic amines is 1. The first-order valence-electron chi connectivity index (χ1n) is 10.4. The van der Waals surface area contributed by atoms with Gasteiger partial charge in [-0.15, -0.1) is 0 Å². The number of aliphatic imine (C=N–C) groups is 3. The monoisotopic (exact) mass is 421 g/mol. The zero-order valence-corrected chi connectivity index (χ0v) is 17.7. The average molecular weight is 422 g/mol. The number of carbonyl (C=O) groups is 1. The number of nitrogens with zero attached hydrogens (tertiary/aromatic N) is 4. The van der Waals surface area contributed by atoms with Gasteiger partial charge < -0.3 is 21.6 Å². The first-order valence-corrected chi connectivity index (χ1v) is 10.4. The number of aliphatic hydroxyl groups is 1. The number of H-pyrrole nitrogens is 1. The summed E-state index contributed by atoms with van der Waals surface area (Å²) >= 11 is 0. The van der Waals surface area contributed by atoms with Crippen LogP contribution in [0.3, 0.4) is 0 Å². The number of aromatic nitrogens is 1. The van der Waals surface area contributed by atoms with Gasteiger partial charge in [-0.3, -0.25) is 14.7 Å². The van der Waals surface area contributed by atoms with Gasteiger partial charge in [0.05, 0.1) is 11.4 Å². The van der Waals surface area contributed by atoms with Gasteiger partial charge >= 0.3 is 0 Å². The number of amidine groups is 1. The van der Waals surface area contributed by atoms with Crippen molar-refractivity contribution in [2.24, 2.45) is 32.4 Å². The van der Waals surface area contributed by atoms with Crippen molar-refractivity contribution in [3.8, 4) is 0 Å². The fourth-order valence-corrected chi connectivity index (χ4v) is 3.85. The molecule has 2 unspecified atom stereocenters. The van der Waals surface area contributed by atoms with Crippen LogP contribution in [-0.4, -0.2) is 50.7 Å². The molecule has 1 aromatic heterocycles. The van der Waals surface area contributed by atoms with Crippen LogP contribution in [0.5, 0.6) is 0 Å². The number of amides is 1. The van der Waals surface area contributed by atoms with Gasteiger partial charge in [-0.2, -0.15) is 0 Å². The predicted octanol–water partition coefficient (Wildman–Crippen LogP) is 1.95. The SMILES string of the molecule is CCC(C)C1(O)N=C2C(CCCN=C(N)N)=NC(c3c[nH]c4ccccc34)=CN2C1=O. The van der Waals surface area contributed by atoms with E-state index in [1.165, 1.54) is 4.90 Å². The molecular formula is C22H27N7O2. The Kier molecular flexibility index (Phi) is 5.36. The number of nitrogens with two attached hydrogens (primary N) is 2. The predicted molar refractivity (Wildman–Crippen MR) is 122 cm³/mol. The second-order valence-electron chi connectivity index (χ2n) is 7.88. The van der Waals surface area contributed by atoms with Crippen LogP contribution < -0.4 is 11.5 Å². The van der Waals surface area contributed by atoms with E-state index in [0.29, 0.717) is 43.1 Å². The maximum absolute atomic E-state index is 13.2. The lowest BCUT2D eigenvalue weighted by Gasteiger charge is -2.25. The Hall–Kier alpha value is -3.46.